The van der Waals surface area contributed by atoms with Gasteiger partial charge in [0.25, 0.3) is 0 Å². The Morgan fingerprint density at radius 1 is 1.21 bits per heavy atom. The van der Waals surface area contributed by atoms with Crippen LogP contribution in [-0.2, 0) is 11.3 Å². The number of nitrogens with zero attached hydrogens (tertiary/aromatic N) is 1. The number of aliphatic hydroxyl groups is 1. The maximum atomic E-state index is 12.1. The predicted molar refractivity (Wildman–Crippen MR) is 95.0 cm³/mol. The number of amides is 3. The van der Waals surface area contributed by atoms with Crippen LogP contribution in [0.5, 0.6) is 0 Å². The second-order valence-electron chi connectivity index (χ2n) is 5.38. The molecule has 24 heavy (non-hydrogen) atoms. The van der Waals surface area contributed by atoms with E-state index < -0.39 is 18.0 Å². The van der Waals surface area contributed by atoms with Crippen molar-refractivity contribution in [2.45, 2.75) is 19.6 Å². The summed E-state index contributed by atoms with van der Waals surface area (Å²) in [5.41, 5.74) is 0.813. The lowest BCUT2D eigenvalue weighted by Crippen LogP contribution is -2.45. The molecule has 6 nitrogen and oxygen atoms in total. The summed E-state index contributed by atoms with van der Waals surface area (Å²) in [5.74, 6) is -0.428. The van der Waals surface area contributed by atoms with Gasteiger partial charge in [0.2, 0.25) is 5.91 Å². The first-order valence-electron chi connectivity index (χ1n) is 7.62. The Kier molecular flexibility index (Phi) is 6.77. The summed E-state index contributed by atoms with van der Waals surface area (Å²) in [4.78, 5) is 26.6. The van der Waals surface area contributed by atoms with Crippen LogP contribution in [0.15, 0.2) is 47.8 Å². The fourth-order valence-electron chi connectivity index (χ4n) is 2.18. The van der Waals surface area contributed by atoms with Gasteiger partial charge < -0.3 is 15.3 Å². The van der Waals surface area contributed by atoms with Gasteiger partial charge in [0.15, 0.2) is 0 Å². The number of rotatable bonds is 7. The zero-order valence-corrected chi connectivity index (χ0v) is 14.3. The Labute approximate surface area is 145 Å². The summed E-state index contributed by atoms with van der Waals surface area (Å²) in [6.07, 6.45) is -0.592. The van der Waals surface area contributed by atoms with Gasteiger partial charge in [0, 0.05) is 17.1 Å². The van der Waals surface area contributed by atoms with Crippen LogP contribution < -0.4 is 15.5 Å². The van der Waals surface area contributed by atoms with Crippen LogP contribution in [0.4, 0.5) is 10.5 Å². The molecule has 1 atom stereocenters. The fraction of sp³-hybridized carbons (Fsp3) is 0.294. The van der Waals surface area contributed by atoms with Gasteiger partial charge in [-0.2, -0.15) is 0 Å². The van der Waals surface area contributed by atoms with Crippen LogP contribution >= 0.6 is 11.3 Å². The van der Waals surface area contributed by atoms with Crippen LogP contribution in [-0.4, -0.2) is 36.2 Å². The van der Waals surface area contributed by atoms with E-state index in [1.807, 2.05) is 47.8 Å². The molecule has 1 heterocycles. The van der Waals surface area contributed by atoms with Gasteiger partial charge in [-0.1, -0.05) is 24.3 Å². The number of hydrogen-bond acceptors (Lipinski definition) is 5. The van der Waals surface area contributed by atoms with Crippen LogP contribution in [0, 0.1) is 0 Å². The Morgan fingerprint density at radius 2 is 1.96 bits per heavy atom. The number of thiophene rings is 1. The van der Waals surface area contributed by atoms with E-state index >= 15 is 0 Å². The second kappa shape index (κ2) is 9.05. The molecule has 1 unspecified atom stereocenters. The highest BCUT2D eigenvalue weighted by atomic mass is 32.1. The van der Waals surface area contributed by atoms with Crippen LogP contribution in [0.1, 0.15) is 11.8 Å². The number of imide groups is 1. The van der Waals surface area contributed by atoms with Crippen LogP contribution in [0.3, 0.4) is 0 Å². The molecule has 0 aliphatic carbocycles. The lowest BCUT2D eigenvalue weighted by molar-refractivity contribution is -0.118. The third kappa shape index (κ3) is 6.02. The normalized spacial score (nSPS) is 11.6. The Bertz CT molecular complexity index is 644. The predicted octanol–water partition coefficient (Wildman–Crippen LogP) is 1.96. The lowest BCUT2D eigenvalue weighted by Gasteiger charge is -2.25. The molecule has 1 aromatic heterocycles. The summed E-state index contributed by atoms with van der Waals surface area (Å²) >= 11 is 1.54. The summed E-state index contributed by atoms with van der Waals surface area (Å²) in [7, 11) is 0. The van der Waals surface area contributed by atoms with Crippen LogP contribution in [0.2, 0.25) is 0 Å². The molecule has 128 valence electrons. The van der Waals surface area contributed by atoms with Gasteiger partial charge in [-0.25, -0.2) is 4.79 Å². The van der Waals surface area contributed by atoms with Crippen molar-refractivity contribution in [3.8, 4) is 0 Å². The molecule has 0 saturated carbocycles. The number of anilines is 1. The molecular weight excluding hydrogens is 326 g/mol. The molecule has 3 N–H and O–H groups in total. The molecule has 0 saturated heterocycles. The molecule has 2 aromatic rings. The summed E-state index contributed by atoms with van der Waals surface area (Å²) in [6.45, 7) is 2.32. The van der Waals surface area contributed by atoms with Gasteiger partial charge >= 0.3 is 6.03 Å². The largest absolute Gasteiger partial charge is 0.392 e. The summed E-state index contributed by atoms with van der Waals surface area (Å²) < 4.78 is 0. The molecule has 0 aliphatic heterocycles. The number of carbonyl (C=O) groups excluding carboxylic acids is 2. The molecule has 0 radical (unpaired) electrons. The maximum absolute atomic E-state index is 12.1. The van der Waals surface area contributed by atoms with Gasteiger partial charge in [0.05, 0.1) is 19.2 Å². The number of hydrogen-bond donors (Lipinski definition) is 3. The third-order valence-electron chi connectivity index (χ3n) is 3.20. The standard InChI is InChI=1S/C17H21N3O3S/c1-13(21)11-20(14-6-3-2-4-7-14)12-16(22)19-17(23)18-10-15-8-5-9-24-15/h2-9,13,21H,10-12H2,1H3,(H2,18,19,22,23). The summed E-state index contributed by atoms with van der Waals surface area (Å²) in [6, 6.07) is 12.6. The highest BCUT2D eigenvalue weighted by Crippen LogP contribution is 2.13. The zero-order valence-electron chi connectivity index (χ0n) is 13.4. The van der Waals surface area contributed by atoms with Crippen LogP contribution in [0.25, 0.3) is 0 Å². The molecule has 0 spiro atoms. The van der Waals surface area contributed by atoms with E-state index in [1.54, 1.807) is 11.8 Å². The molecule has 2 rings (SSSR count). The Hall–Kier alpha value is -2.38. The molecule has 0 aliphatic rings. The zero-order chi connectivity index (χ0) is 17.4. The van der Waals surface area contributed by atoms with E-state index in [1.165, 1.54) is 11.3 Å². The highest BCUT2D eigenvalue weighted by molar-refractivity contribution is 7.09. The van der Waals surface area contributed by atoms with E-state index in [9.17, 15) is 14.7 Å². The number of urea groups is 1. The highest BCUT2D eigenvalue weighted by Gasteiger charge is 2.15. The van der Waals surface area contributed by atoms with Gasteiger partial charge in [-0.15, -0.1) is 11.3 Å². The first-order valence-corrected chi connectivity index (χ1v) is 8.50. The molecule has 0 fully saturated rings. The van der Waals surface area contributed by atoms with Gasteiger partial charge in [0.1, 0.15) is 0 Å². The average Bonchev–Trinajstić information content (AvgIpc) is 3.06. The minimum atomic E-state index is -0.592. The number of benzene rings is 1. The van der Waals surface area contributed by atoms with Crippen molar-refractivity contribution in [3.63, 3.8) is 0 Å². The first-order chi connectivity index (χ1) is 11.5. The van der Waals surface area contributed by atoms with Gasteiger partial charge in [-0.05, 0) is 30.5 Å². The van der Waals surface area contributed by atoms with Crippen molar-refractivity contribution in [1.29, 1.82) is 0 Å². The van der Waals surface area contributed by atoms with Gasteiger partial charge in [-0.3, -0.25) is 10.1 Å². The van der Waals surface area contributed by atoms with Crippen molar-refractivity contribution >= 4 is 29.0 Å². The van der Waals surface area contributed by atoms with E-state index in [0.29, 0.717) is 13.1 Å². The number of carbonyl (C=O) groups is 2. The summed E-state index contributed by atoms with van der Waals surface area (Å²) in [5, 5.41) is 16.5. The number of nitrogens with one attached hydrogen (secondary N) is 2. The Balaban J connectivity index is 1.86. The lowest BCUT2D eigenvalue weighted by atomic mass is 10.2. The fourth-order valence-corrected chi connectivity index (χ4v) is 2.83. The topological polar surface area (TPSA) is 81.7 Å². The average molecular weight is 347 g/mol. The SMILES string of the molecule is CC(O)CN(CC(=O)NC(=O)NCc1cccs1)c1ccccc1. The van der Waals surface area contributed by atoms with Crippen molar-refractivity contribution in [2.24, 2.45) is 0 Å². The van der Waals surface area contributed by atoms with Crippen molar-refractivity contribution in [3.05, 3.63) is 52.7 Å². The monoisotopic (exact) mass is 347 g/mol. The van der Waals surface area contributed by atoms with Crippen molar-refractivity contribution < 1.29 is 14.7 Å². The van der Waals surface area contributed by atoms with E-state index in [2.05, 4.69) is 10.6 Å². The molecule has 3 amide bonds. The van der Waals surface area contributed by atoms with Crippen molar-refractivity contribution in [2.75, 3.05) is 18.0 Å². The molecule has 0 bridgehead atoms. The first kappa shape index (κ1) is 18.0. The number of aliphatic hydroxyl groups excluding tert-OH is 1. The Morgan fingerprint density at radius 3 is 2.58 bits per heavy atom. The minimum Gasteiger partial charge on any atom is -0.392 e. The number of para-hydroxylation sites is 1. The minimum absolute atomic E-state index is 0.0126. The third-order valence-corrected chi connectivity index (χ3v) is 4.07. The molecule has 7 heteroatoms. The van der Waals surface area contributed by atoms with E-state index in [-0.39, 0.29) is 6.54 Å². The van der Waals surface area contributed by atoms with E-state index in [4.69, 9.17) is 0 Å². The smallest absolute Gasteiger partial charge is 0.321 e. The maximum Gasteiger partial charge on any atom is 0.321 e. The van der Waals surface area contributed by atoms with Crippen molar-refractivity contribution in [1.82, 2.24) is 10.6 Å². The quantitative estimate of drug-likeness (QED) is 0.715. The van der Waals surface area contributed by atoms with E-state index in [0.717, 1.165) is 10.6 Å². The molecule has 1 aromatic carbocycles. The second-order valence-corrected chi connectivity index (χ2v) is 6.41. The molecular formula is C17H21N3O3S.